The summed E-state index contributed by atoms with van der Waals surface area (Å²) in [6, 6.07) is 5.80. The Bertz CT molecular complexity index is 362. The molecule has 0 heterocycles. The van der Waals surface area contributed by atoms with Gasteiger partial charge >= 0.3 is 0 Å². The van der Waals surface area contributed by atoms with E-state index in [0.717, 1.165) is 0 Å². The molecule has 0 saturated heterocycles. The molecule has 1 amide bonds. The number of benzene rings is 1. The predicted octanol–water partition coefficient (Wildman–Crippen LogP) is 1.56. The molecule has 86 valence electrons. The van der Waals surface area contributed by atoms with Crippen molar-refractivity contribution in [2.75, 3.05) is 25.0 Å². The van der Waals surface area contributed by atoms with E-state index in [1.807, 2.05) is 0 Å². The molecule has 0 fully saturated rings. The maximum absolute atomic E-state index is 12.7. The average Bonchev–Trinajstić information content (AvgIpc) is 2.29. The Kier molecular flexibility index (Phi) is 4.66. The Hall–Kier alpha value is -1.68. The molecule has 0 unspecified atom stereocenters. The lowest BCUT2D eigenvalue weighted by Crippen LogP contribution is -2.35. The van der Waals surface area contributed by atoms with Crippen molar-refractivity contribution in [3.05, 3.63) is 42.7 Å². The summed E-state index contributed by atoms with van der Waals surface area (Å²) in [5, 5.41) is 2.91. The van der Waals surface area contributed by atoms with E-state index >= 15 is 0 Å². The smallest absolute Gasteiger partial charge is 0.240 e. The zero-order valence-corrected chi connectivity index (χ0v) is 9.24. The number of nitrogens with zero attached hydrogens (tertiary/aromatic N) is 1. The van der Waals surface area contributed by atoms with Crippen LogP contribution in [0.5, 0.6) is 0 Å². The summed E-state index contributed by atoms with van der Waals surface area (Å²) in [7, 11) is 1.66. The maximum atomic E-state index is 12.7. The van der Waals surface area contributed by atoms with Gasteiger partial charge in [-0.3, -0.25) is 4.79 Å². The van der Waals surface area contributed by atoms with Crippen molar-refractivity contribution < 1.29 is 9.18 Å². The first-order chi connectivity index (χ1) is 7.65. The van der Waals surface area contributed by atoms with Gasteiger partial charge in [-0.1, -0.05) is 6.08 Å². The molecule has 0 aliphatic heterocycles. The third kappa shape index (κ3) is 3.47. The molecule has 0 radical (unpaired) electrons. The number of likely N-dealkylation sites (N-methyl/N-ethyl adjacent to an activating group) is 1. The van der Waals surface area contributed by atoms with Crippen LogP contribution in [0.25, 0.3) is 0 Å². The predicted molar refractivity (Wildman–Crippen MR) is 62.9 cm³/mol. The number of hydrogen-bond acceptors (Lipinski definition) is 2. The third-order valence-electron chi connectivity index (χ3n) is 2.15. The normalized spacial score (nSPS) is 9.88. The van der Waals surface area contributed by atoms with Crippen molar-refractivity contribution in [1.29, 1.82) is 0 Å². The molecule has 16 heavy (non-hydrogen) atoms. The molecule has 0 spiro atoms. The summed E-state index contributed by atoms with van der Waals surface area (Å²) in [5.41, 5.74) is 0.673. The molecular formula is C12H15FN2O. The van der Waals surface area contributed by atoms with Gasteiger partial charge in [-0.25, -0.2) is 4.39 Å². The molecule has 1 N–H and O–H groups in total. The van der Waals surface area contributed by atoms with Gasteiger partial charge in [0.15, 0.2) is 0 Å². The van der Waals surface area contributed by atoms with Crippen LogP contribution in [0.3, 0.4) is 0 Å². The fraction of sp³-hybridized carbons (Fsp3) is 0.250. The van der Waals surface area contributed by atoms with Crippen molar-refractivity contribution in [2.24, 2.45) is 0 Å². The van der Waals surface area contributed by atoms with E-state index in [0.29, 0.717) is 12.2 Å². The number of halogens is 1. The van der Waals surface area contributed by atoms with Gasteiger partial charge in [0.05, 0.1) is 6.54 Å². The second-order valence-electron chi connectivity index (χ2n) is 3.35. The average molecular weight is 222 g/mol. The Morgan fingerprint density at radius 2 is 2.12 bits per heavy atom. The molecule has 0 bridgehead atoms. The number of nitrogens with one attached hydrogen (secondary N) is 1. The van der Waals surface area contributed by atoms with Crippen molar-refractivity contribution in [1.82, 2.24) is 5.32 Å². The number of carbonyl (C=O) groups excluding carboxylic acids is 1. The quantitative estimate of drug-likeness (QED) is 0.605. The zero-order chi connectivity index (χ0) is 12.0. The van der Waals surface area contributed by atoms with Gasteiger partial charge in [0.25, 0.3) is 0 Å². The minimum atomic E-state index is -0.311. The standard InChI is InChI=1S/C12H15FN2O/c1-3-8-14-9-12(16)15(2)11-6-4-10(13)5-7-11/h3-7,14H,1,8-9H2,2H3. The second kappa shape index (κ2) is 6.02. The SMILES string of the molecule is C=CCNCC(=O)N(C)c1ccc(F)cc1. The zero-order valence-electron chi connectivity index (χ0n) is 9.24. The van der Waals surface area contributed by atoms with Crippen LogP contribution < -0.4 is 10.2 Å². The number of rotatable bonds is 5. The topological polar surface area (TPSA) is 32.3 Å². The highest BCUT2D eigenvalue weighted by atomic mass is 19.1. The minimum absolute atomic E-state index is 0.0755. The van der Waals surface area contributed by atoms with Crippen LogP contribution in [0, 0.1) is 5.82 Å². The maximum Gasteiger partial charge on any atom is 0.240 e. The Morgan fingerprint density at radius 3 is 2.69 bits per heavy atom. The van der Waals surface area contributed by atoms with Crippen molar-refractivity contribution in [2.45, 2.75) is 0 Å². The van der Waals surface area contributed by atoms with Crippen LogP contribution >= 0.6 is 0 Å². The van der Waals surface area contributed by atoms with Gasteiger partial charge in [0.1, 0.15) is 5.82 Å². The molecule has 0 saturated carbocycles. The molecule has 3 nitrogen and oxygen atoms in total. The molecule has 4 heteroatoms. The Balaban J connectivity index is 2.56. The van der Waals surface area contributed by atoms with E-state index < -0.39 is 0 Å². The molecule has 1 aromatic rings. The lowest BCUT2D eigenvalue weighted by molar-refractivity contribution is -0.117. The van der Waals surface area contributed by atoms with Gasteiger partial charge in [-0.15, -0.1) is 6.58 Å². The Labute approximate surface area is 94.6 Å². The van der Waals surface area contributed by atoms with Gasteiger partial charge in [-0.2, -0.15) is 0 Å². The molecule has 1 rings (SSSR count). The monoisotopic (exact) mass is 222 g/mol. The van der Waals surface area contributed by atoms with Crippen molar-refractivity contribution in [3.8, 4) is 0 Å². The van der Waals surface area contributed by atoms with Gasteiger partial charge < -0.3 is 10.2 Å². The first-order valence-electron chi connectivity index (χ1n) is 4.99. The number of carbonyl (C=O) groups is 1. The summed E-state index contributed by atoms with van der Waals surface area (Å²) < 4.78 is 12.7. The van der Waals surface area contributed by atoms with Crippen LogP contribution in [0.15, 0.2) is 36.9 Å². The number of hydrogen-bond donors (Lipinski definition) is 1. The molecule has 0 atom stereocenters. The Morgan fingerprint density at radius 1 is 1.50 bits per heavy atom. The summed E-state index contributed by atoms with van der Waals surface area (Å²) in [4.78, 5) is 13.1. The lowest BCUT2D eigenvalue weighted by atomic mass is 10.3. The van der Waals surface area contributed by atoms with Crippen LogP contribution in [0.2, 0.25) is 0 Å². The van der Waals surface area contributed by atoms with Gasteiger partial charge in [0, 0.05) is 19.3 Å². The van der Waals surface area contributed by atoms with Crippen LogP contribution in [0.1, 0.15) is 0 Å². The van der Waals surface area contributed by atoms with E-state index in [2.05, 4.69) is 11.9 Å². The fourth-order valence-corrected chi connectivity index (χ4v) is 1.21. The van der Waals surface area contributed by atoms with E-state index in [1.54, 1.807) is 25.3 Å². The molecule has 0 aliphatic rings. The first-order valence-corrected chi connectivity index (χ1v) is 4.99. The largest absolute Gasteiger partial charge is 0.314 e. The fourth-order valence-electron chi connectivity index (χ4n) is 1.21. The number of anilines is 1. The van der Waals surface area contributed by atoms with Crippen molar-refractivity contribution >= 4 is 11.6 Å². The second-order valence-corrected chi connectivity index (χ2v) is 3.35. The van der Waals surface area contributed by atoms with E-state index in [4.69, 9.17) is 0 Å². The van der Waals surface area contributed by atoms with E-state index in [-0.39, 0.29) is 18.3 Å². The van der Waals surface area contributed by atoms with E-state index in [1.165, 1.54) is 17.0 Å². The summed E-state index contributed by atoms with van der Waals surface area (Å²) in [5.74, 6) is -0.386. The van der Waals surface area contributed by atoms with Crippen LogP contribution in [-0.2, 0) is 4.79 Å². The van der Waals surface area contributed by atoms with Crippen LogP contribution in [0.4, 0.5) is 10.1 Å². The van der Waals surface area contributed by atoms with E-state index in [9.17, 15) is 9.18 Å². The summed E-state index contributed by atoms with van der Waals surface area (Å²) >= 11 is 0. The summed E-state index contributed by atoms with van der Waals surface area (Å²) in [6.07, 6.45) is 1.69. The molecule has 0 aromatic heterocycles. The summed E-state index contributed by atoms with van der Waals surface area (Å²) in [6.45, 7) is 4.36. The lowest BCUT2D eigenvalue weighted by Gasteiger charge is -2.17. The molecular weight excluding hydrogens is 207 g/mol. The highest BCUT2D eigenvalue weighted by Crippen LogP contribution is 2.12. The third-order valence-corrected chi connectivity index (χ3v) is 2.15. The first kappa shape index (κ1) is 12.4. The molecule has 0 aliphatic carbocycles. The molecule has 1 aromatic carbocycles. The van der Waals surface area contributed by atoms with Crippen LogP contribution in [-0.4, -0.2) is 26.0 Å². The highest BCUT2D eigenvalue weighted by molar-refractivity contribution is 5.94. The van der Waals surface area contributed by atoms with Crippen molar-refractivity contribution in [3.63, 3.8) is 0 Å². The number of amides is 1. The van der Waals surface area contributed by atoms with Gasteiger partial charge in [0.2, 0.25) is 5.91 Å². The van der Waals surface area contributed by atoms with Gasteiger partial charge in [-0.05, 0) is 24.3 Å². The minimum Gasteiger partial charge on any atom is -0.314 e. The highest BCUT2D eigenvalue weighted by Gasteiger charge is 2.09.